The van der Waals surface area contributed by atoms with Gasteiger partial charge in [0.1, 0.15) is 0 Å². The molecular formula is C15H14N6O2. The van der Waals surface area contributed by atoms with Crippen LogP contribution in [0.15, 0.2) is 24.4 Å². The summed E-state index contributed by atoms with van der Waals surface area (Å²) in [6.07, 6.45) is 1.66. The zero-order valence-electron chi connectivity index (χ0n) is 12.6. The molecule has 0 aliphatic carbocycles. The van der Waals surface area contributed by atoms with Gasteiger partial charge in [0.2, 0.25) is 12.7 Å². The number of fused-ring (bicyclic) bond motifs is 2. The van der Waals surface area contributed by atoms with E-state index in [2.05, 4.69) is 19.9 Å². The predicted octanol–water partition coefficient (Wildman–Crippen LogP) is 1.46. The van der Waals surface area contributed by atoms with Crippen molar-refractivity contribution in [2.24, 2.45) is 0 Å². The molecule has 0 fully saturated rings. The summed E-state index contributed by atoms with van der Waals surface area (Å²) in [7, 11) is 3.74. The minimum Gasteiger partial charge on any atom is -0.454 e. The van der Waals surface area contributed by atoms with E-state index in [0.29, 0.717) is 28.4 Å². The lowest BCUT2D eigenvalue weighted by molar-refractivity contribution is 0.174. The lowest BCUT2D eigenvalue weighted by Gasteiger charge is -2.13. The predicted molar refractivity (Wildman–Crippen MR) is 85.4 cm³/mol. The molecule has 2 aromatic heterocycles. The van der Waals surface area contributed by atoms with E-state index in [1.54, 1.807) is 6.20 Å². The molecule has 23 heavy (non-hydrogen) atoms. The molecule has 1 aliphatic heterocycles. The van der Waals surface area contributed by atoms with E-state index in [1.807, 2.05) is 37.2 Å². The second-order valence-electron chi connectivity index (χ2n) is 5.30. The van der Waals surface area contributed by atoms with Crippen LogP contribution in [0.1, 0.15) is 0 Å². The molecule has 0 bridgehead atoms. The zero-order valence-corrected chi connectivity index (χ0v) is 12.6. The van der Waals surface area contributed by atoms with Crippen molar-refractivity contribution < 1.29 is 9.47 Å². The Labute approximate surface area is 131 Å². The average molecular weight is 310 g/mol. The van der Waals surface area contributed by atoms with E-state index in [4.69, 9.17) is 15.2 Å². The highest BCUT2D eigenvalue weighted by Crippen LogP contribution is 2.35. The third-order valence-electron chi connectivity index (χ3n) is 3.50. The highest BCUT2D eigenvalue weighted by molar-refractivity contribution is 5.85. The topological polar surface area (TPSA) is 99.3 Å². The molecule has 1 aliphatic rings. The third-order valence-corrected chi connectivity index (χ3v) is 3.50. The molecule has 1 aromatic carbocycles. The van der Waals surface area contributed by atoms with Crippen molar-refractivity contribution in [3.63, 3.8) is 0 Å². The quantitative estimate of drug-likeness (QED) is 0.759. The van der Waals surface area contributed by atoms with E-state index in [9.17, 15) is 0 Å². The molecule has 0 amide bonds. The maximum atomic E-state index is 5.73. The van der Waals surface area contributed by atoms with Crippen LogP contribution in [-0.4, -0.2) is 40.8 Å². The molecule has 4 rings (SSSR count). The Morgan fingerprint density at radius 2 is 1.91 bits per heavy atom. The van der Waals surface area contributed by atoms with E-state index < -0.39 is 0 Å². The molecule has 0 saturated heterocycles. The minimum absolute atomic E-state index is 0.173. The van der Waals surface area contributed by atoms with Gasteiger partial charge in [-0.15, -0.1) is 0 Å². The summed E-state index contributed by atoms with van der Waals surface area (Å²) in [5, 5.41) is 0. The number of aromatic nitrogens is 4. The van der Waals surface area contributed by atoms with Gasteiger partial charge >= 0.3 is 0 Å². The Morgan fingerprint density at radius 1 is 1.09 bits per heavy atom. The Bertz CT molecular complexity index is 912. The second-order valence-corrected chi connectivity index (χ2v) is 5.30. The van der Waals surface area contributed by atoms with Gasteiger partial charge in [-0.05, 0) is 18.2 Å². The lowest BCUT2D eigenvalue weighted by atomic mass is 10.1. The van der Waals surface area contributed by atoms with Gasteiger partial charge in [0, 0.05) is 19.7 Å². The number of hydrogen-bond acceptors (Lipinski definition) is 8. The molecule has 0 spiro atoms. The van der Waals surface area contributed by atoms with Crippen LogP contribution in [0.25, 0.3) is 22.4 Å². The minimum atomic E-state index is 0.173. The normalized spacial score (nSPS) is 12.6. The van der Waals surface area contributed by atoms with E-state index in [1.165, 1.54) is 0 Å². The number of nitrogens with two attached hydrogens (primary N) is 1. The van der Waals surface area contributed by atoms with Crippen LogP contribution in [0, 0.1) is 0 Å². The number of rotatable bonds is 2. The van der Waals surface area contributed by atoms with E-state index in [-0.39, 0.29) is 12.7 Å². The fourth-order valence-corrected chi connectivity index (χ4v) is 2.42. The molecule has 0 atom stereocenters. The molecule has 116 valence electrons. The number of anilines is 2. The summed E-state index contributed by atoms with van der Waals surface area (Å²) in [6, 6.07) is 5.65. The first-order valence-electron chi connectivity index (χ1n) is 6.99. The molecule has 8 nitrogen and oxygen atoms in total. The molecule has 0 unspecified atom stereocenters. The summed E-state index contributed by atoms with van der Waals surface area (Å²) < 4.78 is 10.7. The monoisotopic (exact) mass is 310 g/mol. The number of nitrogen functional groups attached to an aromatic ring is 1. The van der Waals surface area contributed by atoms with Gasteiger partial charge in [0.05, 0.1) is 11.9 Å². The van der Waals surface area contributed by atoms with Crippen molar-refractivity contribution in [2.45, 2.75) is 0 Å². The van der Waals surface area contributed by atoms with Crippen LogP contribution >= 0.6 is 0 Å². The van der Waals surface area contributed by atoms with Crippen molar-refractivity contribution >= 4 is 22.9 Å². The van der Waals surface area contributed by atoms with Crippen molar-refractivity contribution in [3.8, 4) is 22.8 Å². The van der Waals surface area contributed by atoms with Gasteiger partial charge < -0.3 is 20.1 Å². The Kier molecular flexibility index (Phi) is 2.90. The highest BCUT2D eigenvalue weighted by atomic mass is 16.7. The summed E-state index contributed by atoms with van der Waals surface area (Å²) in [4.78, 5) is 19.2. The van der Waals surface area contributed by atoms with Crippen LogP contribution in [0.3, 0.4) is 0 Å². The smallest absolute Gasteiger partial charge is 0.231 e. The third kappa shape index (κ3) is 2.24. The molecule has 3 heterocycles. The average Bonchev–Trinajstić information content (AvgIpc) is 3.01. The zero-order chi connectivity index (χ0) is 16.0. The Morgan fingerprint density at radius 3 is 2.74 bits per heavy atom. The van der Waals surface area contributed by atoms with Crippen LogP contribution < -0.4 is 20.1 Å². The fraction of sp³-hybridized carbons (Fsp3) is 0.200. The van der Waals surface area contributed by atoms with Gasteiger partial charge in [0.25, 0.3) is 0 Å². The molecule has 3 aromatic rings. The van der Waals surface area contributed by atoms with Gasteiger partial charge in [0.15, 0.2) is 28.5 Å². The fourth-order valence-electron chi connectivity index (χ4n) is 2.42. The Hall–Kier alpha value is -3.16. The SMILES string of the molecule is CN(C)c1nc(N)nc2ncc(-c3ccc4c(c3)OCO4)nc12. The van der Waals surface area contributed by atoms with Crippen LogP contribution in [0.5, 0.6) is 11.5 Å². The summed E-state index contributed by atoms with van der Waals surface area (Å²) in [6.45, 7) is 0.236. The van der Waals surface area contributed by atoms with Gasteiger partial charge in [-0.1, -0.05) is 0 Å². The first-order chi connectivity index (χ1) is 11.1. The maximum absolute atomic E-state index is 5.73. The summed E-state index contributed by atoms with van der Waals surface area (Å²) in [5.74, 6) is 2.23. The van der Waals surface area contributed by atoms with Crippen molar-refractivity contribution in [2.75, 3.05) is 31.5 Å². The summed E-state index contributed by atoms with van der Waals surface area (Å²) in [5.41, 5.74) is 8.37. The van der Waals surface area contributed by atoms with E-state index in [0.717, 1.165) is 11.3 Å². The highest BCUT2D eigenvalue weighted by Gasteiger charge is 2.16. The molecule has 0 saturated carbocycles. The first kappa shape index (κ1) is 13.5. The number of nitrogens with zero attached hydrogens (tertiary/aromatic N) is 5. The van der Waals surface area contributed by atoms with Gasteiger partial charge in [-0.3, -0.25) is 0 Å². The largest absolute Gasteiger partial charge is 0.454 e. The summed E-state index contributed by atoms with van der Waals surface area (Å²) >= 11 is 0. The Balaban J connectivity index is 1.88. The van der Waals surface area contributed by atoms with Crippen molar-refractivity contribution in [3.05, 3.63) is 24.4 Å². The number of hydrogen-bond donors (Lipinski definition) is 1. The van der Waals surface area contributed by atoms with E-state index >= 15 is 0 Å². The van der Waals surface area contributed by atoms with Crippen molar-refractivity contribution in [1.82, 2.24) is 19.9 Å². The molecule has 2 N–H and O–H groups in total. The van der Waals surface area contributed by atoms with Gasteiger partial charge in [-0.25, -0.2) is 9.97 Å². The molecule has 8 heteroatoms. The maximum Gasteiger partial charge on any atom is 0.231 e. The van der Waals surface area contributed by atoms with Crippen LogP contribution in [-0.2, 0) is 0 Å². The number of benzene rings is 1. The second kappa shape index (κ2) is 4.94. The molecule has 0 radical (unpaired) electrons. The first-order valence-corrected chi connectivity index (χ1v) is 6.99. The lowest BCUT2D eigenvalue weighted by Crippen LogP contribution is -2.14. The molecular weight excluding hydrogens is 296 g/mol. The van der Waals surface area contributed by atoms with Crippen molar-refractivity contribution in [1.29, 1.82) is 0 Å². The van der Waals surface area contributed by atoms with Gasteiger partial charge in [-0.2, -0.15) is 9.97 Å². The van der Waals surface area contributed by atoms with Crippen LogP contribution in [0.4, 0.5) is 11.8 Å². The number of ether oxygens (including phenoxy) is 2. The standard InChI is InChI=1S/C15H14N6O2/c1-21(2)14-12-13(19-15(16)20-14)17-6-9(18-12)8-3-4-10-11(5-8)23-7-22-10/h3-6H,7H2,1-2H3,(H2,16,17,19,20). The van der Waals surface area contributed by atoms with Crippen LogP contribution in [0.2, 0.25) is 0 Å².